The minimum Gasteiger partial charge on any atom is -0.374 e. The van der Waals surface area contributed by atoms with Crippen molar-refractivity contribution in [2.45, 2.75) is 39.3 Å². The van der Waals surface area contributed by atoms with Crippen molar-refractivity contribution in [2.24, 2.45) is 0 Å². The number of rotatable bonds is 2. The van der Waals surface area contributed by atoms with E-state index in [1.807, 2.05) is 42.3 Å². The minimum atomic E-state index is -0.242. The molecule has 2 rings (SSSR count). The summed E-state index contributed by atoms with van der Waals surface area (Å²) in [5.41, 5.74) is 0.540. The maximum absolute atomic E-state index is 12.6. The first kappa shape index (κ1) is 14.3. The number of ether oxygens (including phenoxy) is 1. The van der Waals surface area contributed by atoms with E-state index in [-0.39, 0.29) is 17.6 Å². The van der Waals surface area contributed by atoms with E-state index in [4.69, 9.17) is 4.74 Å². The molecule has 1 unspecified atom stereocenters. The second-order valence-corrected chi connectivity index (χ2v) is 6.67. The lowest BCUT2D eigenvalue weighted by Gasteiger charge is -2.44. The summed E-state index contributed by atoms with van der Waals surface area (Å²) >= 11 is 1.64. The molecule has 0 spiro atoms. The Hall–Kier alpha value is -1.13. The molecule has 1 atom stereocenters. The Morgan fingerprint density at radius 1 is 1.58 bits per heavy atom. The van der Waals surface area contributed by atoms with Crippen molar-refractivity contribution >= 4 is 23.3 Å². The van der Waals surface area contributed by atoms with Crippen LogP contribution < -0.4 is 0 Å². The lowest BCUT2D eigenvalue weighted by Crippen LogP contribution is -2.58. The van der Waals surface area contributed by atoms with Gasteiger partial charge in [0.2, 0.25) is 5.91 Å². The molecule has 1 aliphatic rings. The van der Waals surface area contributed by atoms with Gasteiger partial charge >= 0.3 is 0 Å². The third kappa shape index (κ3) is 3.25. The molecule has 3 nitrogen and oxygen atoms in total. The molecule has 1 amide bonds. The summed E-state index contributed by atoms with van der Waals surface area (Å²) in [6.07, 6.45) is 2.06. The van der Waals surface area contributed by atoms with Crippen LogP contribution in [0.2, 0.25) is 0 Å². The zero-order chi connectivity index (χ0) is 14.0. The van der Waals surface area contributed by atoms with Gasteiger partial charge in [-0.25, -0.2) is 0 Å². The standard InChI is InChI=1S/C15H21NO2S/c1-11(8-13-6-5-7-19-13)14(17)16-9-12(2)18-10-15(16,3)4/h5-8,12H,9-10H2,1-4H3/b11-8+. The maximum atomic E-state index is 12.6. The van der Waals surface area contributed by atoms with Gasteiger partial charge in [0, 0.05) is 17.0 Å². The first-order valence-electron chi connectivity index (χ1n) is 6.55. The predicted octanol–water partition coefficient (Wildman–Crippen LogP) is 3.18. The number of amides is 1. The molecule has 0 N–H and O–H groups in total. The monoisotopic (exact) mass is 279 g/mol. The SMILES string of the molecule is C/C(=C\c1cccs1)C(=O)N1CC(C)OCC1(C)C. The smallest absolute Gasteiger partial charge is 0.250 e. The van der Waals surface area contributed by atoms with E-state index in [1.165, 1.54) is 0 Å². The molecule has 1 aromatic heterocycles. The summed E-state index contributed by atoms with van der Waals surface area (Å²) in [5, 5.41) is 2.02. The molecule has 104 valence electrons. The Bertz CT molecular complexity index is 476. The van der Waals surface area contributed by atoms with Gasteiger partial charge in [-0.15, -0.1) is 11.3 Å². The number of carbonyl (C=O) groups is 1. The van der Waals surface area contributed by atoms with Crippen molar-refractivity contribution in [3.05, 3.63) is 28.0 Å². The first-order valence-corrected chi connectivity index (χ1v) is 7.43. The fourth-order valence-corrected chi connectivity index (χ4v) is 2.92. The topological polar surface area (TPSA) is 29.5 Å². The van der Waals surface area contributed by atoms with Crippen molar-refractivity contribution in [3.63, 3.8) is 0 Å². The fourth-order valence-electron chi connectivity index (χ4n) is 2.20. The van der Waals surface area contributed by atoms with Crippen molar-refractivity contribution in [3.8, 4) is 0 Å². The van der Waals surface area contributed by atoms with Crippen LogP contribution in [-0.2, 0) is 9.53 Å². The van der Waals surface area contributed by atoms with E-state index in [0.717, 1.165) is 10.5 Å². The Morgan fingerprint density at radius 3 is 2.95 bits per heavy atom. The molecular weight excluding hydrogens is 258 g/mol. The van der Waals surface area contributed by atoms with E-state index in [0.29, 0.717) is 13.2 Å². The third-order valence-electron chi connectivity index (χ3n) is 3.38. The normalized spacial score (nSPS) is 23.5. The molecule has 0 aromatic carbocycles. The van der Waals surface area contributed by atoms with Gasteiger partial charge in [-0.3, -0.25) is 4.79 Å². The Balaban J connectivity index is 2.18. The first-order chi connectivity index (χ1) is 8.90. The van der Waals surface area contributed by atoms with E-state index < -0.39 is 0 Å². The number of nitrogens with zero attached hydrogens (tertiary/aromatic N) is 1. The molecule has 0 aliphatic carbocycles. The Labute approximate surface area is 118 Å². The van der Waals surface area contributed by atoms with Gasteiger partial charge in [0.25, 0.3) is 0 Å². The highest BCUT2D eigenvalue weighted by atomic mass is 32.1. The van der Waals surface area contributed by atoms with Gasteiger partial charge in [0.05, 0.1) is 18.2 Å². The van der Waals surface area contributed by atoms with E-state index in [1.54, 1.807) is 11.3 Å². The lowest BCUT2D eigenvalue weighted by atomic mass is 9.99. The molecule has 19 heavy (non-hydrogen) atoms. The number of morpholine rings is 1. The molecule has 1 aliphatic heterocycles. The summed E-state index contributed by atoms with van der Waals surface area (Å²) in [6, 6.07) is 4.02. The average molecular weight is 279 g/mol. The second kappa shape index (κ2) is 5.47. The zero-order valence-electron chi connectivity index (χ0n) is 12.0. The van der Waals surface area contributed by atoms with Crippen LogP contribution in [0.4, 0.5) is 0 Å². The highest BCUT2D eigenvalue weighted by Gasteiger charge is 2.36. The van der Waals surface area contributed by atoms with Crippen LogP contribution in [0.25, 0.3) is 6.08 Å². The van der Waals surface area contributed by atoms with E-state index in [9.17, 15) is 4.79 Å². The van der Waals surface area contributed by atoms with Crippen LogP contribution >= 0.6 is 11.3 Å². The van der Waals surface area contributed by atoms with Gasteiger partial charge in [-0.05, 0) is 45.2 Å². The largest absolute Gasteiger partial charge is 0.374 e. The molecule has 1 aromatic rings. The van der Waals surface area contributed by atoms with Crippen LogP contribution in [0.15, 0.2) is 23.1 Å². The summed E-state index contributed by atoms with van der Waals surface area (Å²) < 4.78 is 5.65. The summed E-state index contributed by atoms with van der Waals surface area (Å²) in [7, 11) is 0. The molecule has 1 fully saturated rings. The van der Waals surface area contributed by atoms with Gasteiger partial charge in [-0.1, -0.05) is 6.07 Å². The van der Waals surface area contributed by atoms with Crippen molar-refractivity contribution in [2.75, 3.05) is 13.2 Å². The maximum Gasteiger partial charge on any atom is 0.250 e. The molecule has 0 radical (unpaired) electrons. The summed E-state index contributed by atoms with van der Waals surface area (Å²) in [5.74, 6) is 0.105. The Morgan fingerprint density at radius 2 is 2.32 bits per heavy atom. The predicted molar refractivity (Wildman–Crippen MR) is 79.2 cm³/mol. The van der Waals surface area contributed by atoms with Crippen molar-refractivity contribution in [1.29, 1.82) is 0 Å². The van der Waals surface area contributed by atoms with Crippen LogP contribution in [0, 0.1) is 0 Å². The van der Waals surface area contributed by atoms with Gasteiger partial charge in [0.1, 0.15) is 0 Å². The summed E-state index contributed by atoms with van der Waals surface area (Å²) in [4.78, 5) is 15.6. The quantitative estimate of drug-likeness (QED) is 0.778. The van der Waals surface area contributed by atoms with Gasteiger partial charge < -0.3 is 9.64 Å². The fraction of sp³-hybridized carbons (Fsp3) is 0.533. The van der Waals surface area contributed by atoms with Crippen LogP contribution in [0.5, 0.6) is 0 Å². The molecule has 0 bridgehead atoms. The molecular formula is C15H21NO2S. The highest BCUT2D eigenvalue weighted by molar-refractivity contribution is 7.10. The van der Waals surface area contributed by atoms with E-state index in [2.05, 4.69) is 13.8 Å². The van der Waals surface area contributed by atoms with Gasteiger partial charge in [-0.2, -0.15) is 0 Å². The molecule has 4 heteroatoms. The van der Waals surface area contributed by atoms with Crippen molar-refractivity contribution < 1.29 is 9.53 Å². The van der Waals surface area contributed by atoms with Crippen LogP contribution in [0.3, 0.4) is 0 Å². The highest BCUT2D eigenvalue weighted by Crippen LogP contribution is 2.25. The average Bonchev–Trinajstić information content (AvgIpc) is 2.84. The number of hydrogen-bond donors (Lipinski definition) is 0. The van der Waals surface area contributed by atoms with E-state index >= 15 is 0 Å². The summed E-state index contributed by atoms with van der Waals surface area (Å²) in [6.45, 7) is 9.24. The second-order valence-electron chi connectivity index (χ2n) is 5.69. The number of hydrogen-bond acceptors (Lipinski definition) is 3. The van der Waals surface area contributed by atoms with Crippen LogP contribution in [0.1, 0.15) is 32.6 Å². The molecule has 0 saturated carbocycles. The zero-order valence-corrected chi connectivity index (χ0v) is 12.8. The van der Waals surface area contributed by atoms with Crippen LogP contribution in [-0.4, -0.2) is 35.6 Å². The lowest BCUT2D eigenvalue weighted by molar-refractivity contribution is -0.148. The number of carbonyl (C=O) groups excluding carboxylic acids is 1. The number of thiophene rings is 1. The molecule has 2 heterocycles. The Kier molecular flexibility index (Phi) is 4.11. The molecule has 1 saturated heterocycles. The van der Waals surface area contributed by atoms with Crippen molar-refractivity contribution in [1.82, 2.24) is 4.90 Å². The minimum absolute atomic E-state index is 0.103. The third-order valence-corrected chi connectivity index (χ3v) is 4.20. The van der Waals surface area contributed by atoms with Gasteiger partial charge in [0.15, 0.2) is 0 Å².